The summed E-state index contributed by atoms with van der Waals surface area (Å²) in [5, 5.41) is 14.6. The average molecular weight is 273 g/mol. The van der Waals surface area contributed by atoms with Crippen molar-refractivity contribution in [2.24, 2.45) is 16.3 Å². The number of oxime groups is 1. The molecule has 1 fully saturated rings. The second-order valence-electron chi connectivity index (χ2n) is 4.55. The maximum Gasteiger partial charge on any atom is 0.234 e. The van der Waals surface area contributed by atoms with Gasteiger partial charge in [0.1, 0.15) is 5.41 Å². The zero-order valence-electron chi connectivity index (χ0n) is 11.5. The lowest BCUT2D eigenvalue weighted by Gasteiger charge is -2.30. The Morgan fingerprint density at radius 1 is 1.47 bits per heavy atom. The molecule has 0 aromatic carbocycles. The zero-order chi connectivity index (χ0) is 14.3. The molecule has 0 aliphatic carbocycles. The molecule has 1 saturated heterocycles. The third kappa shape index (κ3) is 3.57. The third-order valence-electron chi connectivity index (χ3n) is 3.62. The van der Waals surface area contributed by atoms with E-state index in [1.165, 1.54) is 0 Å². The van der Waals surface area contributed by atoms with Crippen LogP contribution in [0.1, 0.15) is 26.7 Å². The Kier molecular flexibility index (Phi) is 6.04. The van der Waals surface area contributed by atoms with Crippen LogP contribution in [0.15, 0.2) is 5.16 Å². The normalized spacial score (nSPS) is 21.2. The van der Waals surface area contributed by atoms with Crippen molar-refractivity contribution in [3.63, 3.8) is 0 Å². The summed E-state index contributed by atoms with van der Waals surface area (Å²) in [7, 11) is 0. The van der Waals surface area contributed by atoms with Crippen LogP contribution in [-0.2, 0) is 14.3 Å². The number of ether oxygens (including phenoxy) is 2. The molecule has 0 radical (unpaired) electrons. The molecule has 1 aliphatic rings. The number of rotatable bonds is 6. The van der Waals surface area contributed by atoms with E-state index in [1.807, 2.05) is 13.8 Å². The van der Waals surface area contributed by atoms with E-state index in [2.05, 4.69) is 10.5 Å². The van der Waals surface area contributed by atoms with E-state index >= 15 is 0 Å². The van der Waals surface area contributed by atoms with E-state index in [0.29, 0.717) is 39.2 Å². The van der Waals surface area contributed by atoms with Gasteiger partial charge < -0.3 is 25.7 Å². The van der Waals surface area contributed by atoms with Crippen molar-refractivity contribution in [1.29, 1.82) is 0 Å². The molecule has 1 unspecified atom stereocenters. The first kappa shape index (κ1) is 15.7. The van der Waals surface area contributed by atoms with Crippen LogP contribution in [0.2, 0.25) is 0 Å². The quantitative estimate of drug-likeness (QED) is 0.275. The minimum absolute atomic E-state index is 0.0594. The maximum absolute atomic E-state index is 12.3. The topological polar surface area (TPSA) is 106 Å². The van der Waals surface area contributed by atoms with Crippen LogP contribution < -0.4 is 11.1 Å². The van der Waals surface area contributed by atoms with Crippen LogP contribution in [0, 0.1) is 5.41 Å². The minimum atomic E-state index is -0.968. The van der Waals surface area contributed by atoms with E-state index in [9.17, 15) is 4.79 Å². The molecule has 1 amide bonds. The third-order valence-corrected chi connectivity index (χ3v) is 3.62. The highest BCUT2D eigenvalue weighted by Crippen LogP contribution is 2.27. The molecule has 0 spiro atoms. The second-order valence-corrected chi connectivity index (χ2v) is 4.55. The molecule has 19 heavy (non-hydrogen) atoms. The van der Waals surface area contributed by atoms with Crippen molar-refractivity contribution in [2.75, 3.05) is 26.4 Å². The molecule has 1 atom stereocenters. The van der Waals surface area contributed by atoms with Crippen LogP contribution in [-0.4, -0.2) is 49.4 Å². The Morgan fingerprint density at radius 2 is 2.16 bits per heavy atom. The number of amidine groups is 1. The lowest BCUT2D eigenvalue weighted by Crippen LogP contribution is -2.51. The van der Waals surface area contributed by atoms with Crippen molar-refractivity contribution in [2.45, 2.75) is 32.8 Å². The van der Waals surface area contributed by atoms with Crippen LogP contribution in [0.4, 0.5) is 0 Å². The number of carbonyl (C=O) groups excluding carboxylic acids is 1. The largest absolute Gasteiger partial charge is 0.409 e. The van der Waals surface area contributed by atoms with Gasteiger partial charge in [-0.3, -0.25) is 4.79 Å². The molecule has 7 heteroatoms. The Labute approximate surface area is 113 Å². The number of nitrogens with zero attached hydrogens (tertiary/aromatic N) is 1. The predicted molar refractivity (Wildman–Crippen MR) is 70.0 cm³/mol. The van der Waals surface area contributed by atoms with Gasteiger partial charge in [-0.2, -0.15) is 0 Å². The molecule has 1 aliphatic heterocycles. The standard InChI is InChI=1S/C12H23N3O4/c1-3-12(4-2,10(13)15-17)11(16)14-7-9-8-18-5-6-19-9/h9,17H,3-8H2,1-2H3,(H2,13,15)(H,14,16). The van der Waals surface area contributed by atoms with Crippen molar-refractivity contribution in [1.82, 2.24) is 5.32 Å². The first-order valence-corrected chi connectivity index (χ1v) is 6.56. The number of amides is 1. The minimum Gasteiger partial charge on any atom is -0.409 e. The van der Waals surface area contributed by atoms with Crippen LogP contribution in [0.3, 0.4) is 0 Å². The Balaban J connectivity index is 2.62. The number of hydrogen-bond acceptors (Lipinski definition) is 5. The van der Waals surface area contributed by atoms with Crippen LogP contribution >= 0.6 is 0 Å². The number of hydrogen-bond donors (Lipinski definition) is 3. The predicted octanol–water partition coefficient (Wildman–Crippen LogP) is 0.0708. The number of nitrogens with one attached hydrogen (secondary N) is 1. The highest BCUT2D eigenvalue weighted by molar-refractivity contribution is 6.06. The highest BCUT2D eigenvalue weighted by Gasteiger charge is 2.39. The number of nitrogens with two attached hydrogens (primary N) is 1. The van der Waals surface area contributed by atoms with Gasteiger partial charge in [-0.05, 0) is 12.8 Å². The van der Waals surface area contributed by atoms with Gasteiger partial charge in [0, 0.05) is 6.54 Å². The molecule has 0 bridgehead atoms. The smallest absolute Gasteiger partial charge is 0.234 e. The fourth-order valence-corrected chi connectivity index (χ4v) is 2.18. The van der Waals surface area contributed by atoms with E-state index < -0.39 is 5.41 Å². The van der Waals surface area contributed by atoms with Gasteiger partial charge in [0.25, 0.3) is 0 Å². The summed E-state index contributed by atoms with van der Waals surface area (Å²) in [5.41, 5.74) is 4.70. The summed E-state index contributed by atoms with van der Waals surface area (Å²) in [5.74, 6) is -0.308. The van der Waals surface area contributed by atoms with E-state index in [0.717, 1.165) is 0 Å². The lowest BCUT2D eigenvalue weighted by atomic mass is 9.80. The Bertz CT molecular complexity index is 323. The molecule has 4 N–H and O–H groups in total. The van der Waals surface area contributed by atoms with Gasteiger partial charge in [-0.1, -0.05) is 19.0 Å². The van der Waals surface area contributed by atoms with Gasteiger partial charge in [-0.15, -0.1) is 0 Å². The summed E-state index contributed by atoms with van der Waals surface area (Å²) < 4.78 is 10.7. The summed E-state index contributed by atoms with van der Waals surface area (Å²) >= 11 is 0. The van der Waals surface area contributed by atoms with E-state index in [4.69, 9.17) is 20.4 Å². The first-order valence-electron chi connectivity index (χ1n) is 6.56. The van der Waals surface area contributed by atoms with Crippen LogP contribution in [0.5, 0.6) is 0 Å². The molecular formula is C12H23N3O4. The molecule has 0 aromatic rings. The monoisotopic (exact) mass is 273 g/mol. The van der Waals surface area contributed by atoms with Crippen molar-refractivity contribution >= 4 is 11.7 Å². The second kappa shape index (κ2) is 7.30. The van der Waals surface area contributed by atoms with Crippen molar-refractivity contribution < 1.29 is 19.5 Å². The van der Waals surface area contributed by atoms with Gasteiger partial charge in [0.05, 0.1) is 25.9 Å². The fourth-order valence-electron chi connectivity index (χ4n) is 2.18. The first-order chi connectivity index (χ1) is 9.10. The Morgan fingerprint density at radius 3 is 2.63 bits per heavy atom. The van der Waals surface area contributed by atoms with Crippen molar-refractivity contribution in [3.8, 4) is 0 Å². The van der Waals surface area contributed by atoms with Crippen LogP contribution in [0.25, 0.3) is 0 Å². The highest BCUT2D eigenvalue weighted by atomic mass is 16.6. The Hall–Kier alpha value is -1.34. The maximum atomic E-state index is 12.3. The molecular weight excluding hydrogens is 250 g/mol. The van der Waals surface area contributed by atoms with E-state index in [-0.39, 0.29) is 17.8 Å². The summed E-state index contributed by atoms with van der Waals surface area (Å²) in [6, 6.07) is 0. The lowest BCUT2D eigenvalue weighted by molar-refractivity contribution is -0.130. The summed E-state index contributed by atoms with van der Waals surface area (Å²) in [6.07, 6.45) is 0.789. The molecule has 1 heterocycles. The summed E-state index contributed by atoms with van der Waals surface area (Å²) in [4.78, 5) is 12.3. The van der Waals surface area contributed by atoms with Gasteiger partial charge in [0.15, 0.2) is 5.84 Å². The molecule has 1 rings (SSSR count). The van der Waals surface area contributed by atoms with Gasteiger partial charge in [0.2, 0.25) is 5.91 Å². The molecule has 0 saturated carbocycles. The molecule has 0 aromatic heterocycles. The van der Waals surface area contributed by atoms with Gasteiger partial charge in [-0.25, -0.2) is 0 Å². The molecule has 110 valence electrons. The molecule has 7 nitrogen and oxygen atoms in total. The van der Waals surface area contributed by atoms with Crippen molar-refractivity contribution in [3.05, 3.63) is 0 Å². The number of carbonyl (C=O) groups is 1. The zero-order valence-corrected chi connectivity index (χ0v) is 11.5. The van der Waals surface area contributed by atoms with E-state index in [1.54, 1.807) is 0 Å². The fraction of sp³-hybridized carbons (Fsp3) is 0.833. The summed E-state index contributed by atoms with van der Waals surface area (Å²) in [6.45, 7) is 5.62. The van der Waals surface area contributed by atoms with Gasteiger partial charge >= 0.3 is 0 Å². The SMILES string of the molecule is CCC(CC)(C(=O)NCC1COCCO1)C(N)=NO. The average Bonchev–Trinajstić information content (AvgIpc) is 2.47.